The van der Waals surface area contributed by atoms with E-state index in [-0.39, 0.29) is 5.91 Å². The van der Waals surface area contributed by atoms with E-state index in [1.165, 1.54) is 11.3 Å². The van der Waals surface area contributed by atoms with Gasteiger partial charge in [-0.1, -0.05) is 29.8 Å². The highest BCUT2D eigenvalue weighted by atomic mass is 35.5. The molecule has 0 radical (unpaired) electrons. The van der Waals surface area contributed by atoms with Crippen LogP contribution in [0.25, 0.3) is 0 Å². The standard InChI is InChI=1S/C19H18ClN3OS/c1-2-11-22(14-17-8-9-18(20)25-17)19(24)16-6-4-15(5-7-16)13-23-12-3-10-21-23/h2-10,12H,1,11,13-14H2. The molecule has 0 aliphatic rings. The van der Waals surface area contributed by atoms with Crippen molar-refractivity contribution < 1.29 is 4.79 Å². The molecule has 128 valence electrons. The Hall–Kier alpha value is -2.37. The van der Waals surface area contributed by atoms with Crippen molar-refractivity contribution in [3.05, 3.63) is 87.9 Å². The van der Waals surface area contributed by atoms with Crippen molar-refractivity contribution in [2.24, 2.45) is 0 Å². The minimum Gasteiger partial charge on any atom is -0.330 e. The molecular weight excluding hydrogens is 354 g/mol. The van der Waals surface area contributed by atoms with Crippen LogP contribution in [0.15, 0.2) is 67.5 Å². The SMILES string of the molecule is C=CCN(Cc1ccc(Cl)s1)C(=O)c1ccc(Cn2cccn2)cc1. The molecule has 0 aliphatic carbocycles. The van der Waals surface area contributed by atoms with Gasteiger partial charge in [0.25, 0.3) is 5.91 Å². The minimum atomic E-state index is -0.0185. The van der Waals surface area contributed by atoms with E-state index in [0.717, 1.165) is 14.8 Å². The van der Waals surface area contributed by atoms with Crippen molar-refractivity contribution in [1.82, 2.24) is 14.7 Å². The molecule has 0 unspecified atom stereocenters. The van der Waals surface area contributed by atoms with Crippen LogP contribution in [-0.2, 0) is 13.1 Å². The number of rotatable bonds is 7. The summed E-state index contributed by atoms with van der Waals surface area (Å²) in [6, 6.07) is 13.3. The molecule has 0 atom stereocenters. The number of hydrogen-bond acceptors (Lipinski definition) is 3. The van der Waals surface area contributed by atoms with Gasteiger partial charge in [0.15, 0.2) is 0 Å². The maximum Gasteiger partial charge on any atom is 0.254 e. The molecular formula is C19H18ClN3OS. The molecule has 2 heterocycles. The average molecular weight is 372 g/mol. The first kappa shape index (κ1) is 17.5. The second kappa shape index (κ2) is 8.14. The smallest absolute Gasteiger partial charge is 0.254 e. The third kappa shape index (κ3) is 4.59. The van der Waals surface area contributed by atoms with Gasteiger partial charge in [0.05, 0.1) is 17.4 Å². The van der Waals surface area contributed by atoms with E-state index in [9.17, 15) is 4.79 Å². The first-order valence-electron chi connectivity index (χ1n) is 7.86. The highest BCUT2D eigenvalue weighted by molar-refractivity contribution is 7.16. The largest absolute Gasteiger partial charge is 0.330 e. The van der Waals surface area contributed by atoms with E-state index in [4.69, 9.17) is 11.6 Å². The van der Waals surface area contributed by atoms with Crippen LogP contribution in [0.1, 0.15) is 20.8 Å². The molecule has 3 rings (SSSR count). The Balaban J connectivity index is 1.71. The lowest BCUT2D eigenvalue weighted by Crippen LogP contribution is -2.30. The van der Waals surface area contributed by atoms with Crippen LogP contribution in [0.2, 0.25) is 4.34 Å². The van der Waals surface area contributed by atoms with Crippen molar-refractivity contribution in [3.8, 4) is 0 Å². The topological polar surface area (TPSA) is 38.1 Å². The molecule has 6 heteroatoms. The molecule has 3 aromatic rings. The van der Waals surface area contributed by atoms with Crippen LogP contribution >= 0.6 is 22.9 Å². The number of aromatic nitrogens is 2. The molecule has 0 spiro atoms. The Morgan fingerprint density at radius 2 is 2.08 bits per heavy atom. The second-order valence-corrected chi connectivity index (χ2v) is 7.38. The van der Waals surface area contributed by atoms with Crippen molar-refractivity contribution in [2.75, 3.05) is 6.54 Å². The van der Waals surface area contributed by atoms with E-state index in [0.29, 0.717) is 25.2 Å². The summed E-state index contributed by atoms with van der Waals surface area (Å²) in [7, 11) is 0. The zero-order chi connectivity index (χ0) is 17.6. The van der Waals surface area contributed by atoms with E-state index in [1.807, 2.05) is 53.3 Å². The number of halogens is 1. The van der Waals surface area contributed by atoms with Crippen molar-refractivity contribution >= 4 is 28.8 Å². The summed E-state index contributed by atoms with van der Waals surface area (Å²) in [6.45, 7) is 5.45. The van der Waals surface area contributed by atoms with Crippen LogP contribution in [-0.4, -0.2) is 27.1 Å². The van der Waals surface area contributed by atoms with Gasteiger partial charge in [-0.3, -0.25) is 9.48 Å². The van der Waals surface area contributed by atoms with Crippen molar-refractivity contribution in [1.29, 1.82) is 0 Å². The minimum absolute atomic E-state index is 0.0185. The Kier molecular flexibility index (Phi) is 5.68. The summed E-state index contributed by atoms with van der Waals surface area (Å²) in [5.41, 5.74) is 1.76. The molecule has 0 N–H and O–H groups in total. The first-order valence-corrected chi connectivity index (χ1v) is 9.06. The van der Waals surface area contributed by atoms with Crippen LogP contribution in [0, 0.1) is 0 Å². The predicted octanol–water partition coefficient (Wildman–Crippen LogP) is 4.47. The van der Waals surface area contributed by atoms with Gasteiger partial charge in [0.1, 0.15) is 0 Å². The third-order valence-electron chi connectivity index (χ3n) is 3.72. The summed E-state index contributed by atoms with van der Waals surface area (Å²) < 4.78 is 2.57. The molecule has 1 aromatic carbocycles. The molecule has 4 nitrogen and oxygen atoms in total. The number of amides is 1. The fourth-order valence-electron chi connectivity index (χ4n) is 2.52. The first-order chi connectivity index (χ1) is 12.2. The van der Waals surface area contributed by atoms with E-state index in [1.54, 1.807) is 17.2 Å². The third-order valence-corrected chi connectivity index (χ3v) is 4.93. The number of hydrogen-bond donors (Lipinski definition) is 0. The molecule has 25 heavy (non-hydrogen) atoms. The highest BCUT2D eigenvalue weighted by Gasteiger charge is 2.16. The monoisotopic (exact) mass is 371 g/mol. The lowest BCUT2D eigenvalue weighted by molar-refractivity contribution is 0.0764. The van der Waals surface area contributed by atoms with Gasteiger partial charge in [-0.25, -0.2) is 0 Å². The molecule has 0 saturated carbocycles. The van der Waals surface area contributed by atoms with Crippen LogP contribution in [0.5, 0.6) is 0 Å². The van der Waals surface area contributed by atoms with Crippen molar-refractivity contribution in [2.45, 2.75) is 13.1 Å². The molecule has 0 saturated heterocycles. The van der Waals surface area contributed by atoms with Gasteiger partial charge in [-0.2, -0.15) is 5.10 Å². The molecule has 2 aromatic heterocycles. The summed E-state index contributed by atoms with van der Waals surface area (Å²) in [4.78, 5) is 15.6. The van der Waals surface area contributed by atoms with E-state index < -0.39 is 0 Å². The fourth-order valence-corrected chi connectivity index (χ4v) is 3.62. The van der Waals surface area contributed by atoms with Gasteiger partial charge in [0.2, 0.25) is 0 Å². The zero-order valence-corrected chi connectivity index (χ0v) is 15.2. The number of carbonyl (C=O) groups is 1. The van der Waals surface area contributed by atoms with Gasteiger partial charge in [-0.05, 0) is 35.9 Å². The average Bonchev–Trinajstić information content (AvgIpc) is 3.26. The predicted molar refractivity (Wildman–Crippen MR) is 102 cm³/mol. The molecule has 0 fully saturated rings. The summed E-state index contributed by atoms with van der Waals surface area (Å²) in [5, 5.41) is 4.19. The Labute approximate surface area is 156 Å². The van der Waals surface area contributed by atoms with Crippen LogP contribution in [0.3, 0.4) is 0 Å². The quantitative estimate of drug-likeness (QED) is 0.574. The number of nitrogens with zero attached hydrogens (tertiary/aromatic N) is 3. The zero-order valence-electron chi connectivity index (χ0n) is 13.6. The maximum absolute atomic E-state index is 12.8. The van der Waals surface area contributed by atoms with Crippen molar-refractivity contribution in [3.63, 3.8) is 0 Å². The van der Waals surface area contributed by atoms with Gasteiger partial charge < -0.3 is 4.90 Å². The normalized spacial score (nSPS) is 10.6. The van der Waals surface area contributed by atoms with E-state index in [2.05, 4.69) is 11.7 Å². The molecule has 0 bridgehead atoms. The number of benzene rings is 1. The summed E-state index contributed by atoms with van der Waals surface area (Å²) in [6.07, 6.45) is 5.40. The van der Waals surface area contributed by atoms with Gasteiger partial charge in [-0.15, -0.1) is 17.9 Å². The van der Waals surface area contributed by atoms with E-state index >= 15 is 0 Å². The summed E-state index contributed by atoms with van der Waals surface area (Å²) >= 11 is 7.47. The van der Waals surface area contributed by atoms with Crippen LogP contribution < -0.4 is 0 Å². The fraction of sp³-hybridized carbons (Fsp3) is 0.158. The second-order valence-electron chi connectivity index (χ2n) is 5.58. The van der Waals surface area contributed by atoms with Gasteiger partial charge in [0, 0.05) is 29.4 Å². The lowest BCUT2D eigenvalue weighted by Gasteiger charge is -2.20. The highest BCUT2D eigenvalue weighted by Crippen LogP contribution is 2.23. The maximum atomic E-state index is 12.8. The Morgan fingerprint density at radius 3 is 2.68 bits per heavy atom. The number of thiophene rings is 1. The Bertz CT molecular complexity index is 840. The molecule has 1 amide bonds. The number of carbonyl (C=O) groups excluding carboxylic acids is 1. The lowest BCUT2D eigenvalue weighted by atomic mass is 10.1. The molecule has 0 aliphatic heterocycles. The van der Waals surface area contributed by atoms with Gasteiger partial charge >= 0.3 is 0 Å². The summed E-state index contributed by atoms with van der Waals surface area (Å²) in [5.74, 6) is -0.0185. The van der Waals surface area contributed by atoms with Crippen LogP contribution in [0.4, 0.5) is 0 Å². The Morgan fingerprint density at radius 1 is 1.28 bits per heavy atom.